The number of alkyl carbamates (subject to hydrolysis) is 2. The van der Waals surface area contributed by atoms with Crippen molar-refractivity contribution in [2.75, 3.05) is 53.7 Å². The average molecular weight is 919 g/mol. The topological polar surface area (TPSA) is 193 Å². The number of methoxy groups -OCH3 is 2. The molecule has 16 nitrogen and oxygen atoms in total. The van der Waals surface area contributed by atoms with Crippen molar-refractivity contribution in [1.29, 1.82) is 0 Å². The molecule has 4 saturated heterocycles. The van der Waals surface area contributed by atoms with Crippen LogP contribution in [0.3, 0.4) is 0 Å². The Balaban J connectivity index is 0.920. The number of carbonyl (C=O) groups excluding carboxylic acids is 4. The van der Waals surface area contributed by atoms with Crippen molar-refractivity contribution in [2.24, 2.45) is 11.8 Å². The predicted molar refractivity (Wildman–Crippen MR) is 228 cm³/mol. The Kier molecular flexibility index (Phi) is 13.7. The van der Waals surface area contributed by atoms with Gasteiger partial charge in [0.2, 0.25) is 11.8 Å². The van der Waals surface area contributed by atoms with Gasteiger partial charge < -0.3 is 49.3 Å². The van der Waals surface area contributed by atoms with Crippen LogP contribution in [0, 0.1) is 23.7 Å². The van der Waals surface area contributed by atoms with Gasteiger partial charge in [0.05, 0.1) is 63.2 Å². The summed E-state index contributed by atoms with van der Waals surface area (Å²) >= 11 is 0. The zero-order valence-corrected chi connectivity index (χ0v) is 36.3. The summed E-state index contributed by atoms with van der Waals surface area (Å²) in [5.74, 6) is -1.61. The monoisotopic (exact) mass is 918 g/mol. The number of benzene rings is 2. The molecule has 6 heterocycles. The van der Waals surface area contributed by atoms with Gasteiger partial charge in [-0.1, -0.05) is 36.1 Å². The number of nitrogens with zero attached hydrogens (tertiary/aromatic N) is 4. The molecule has 350 valence electrons. The third-order valence-corrected chi connectivity index (χ3v) is 12.6. The molecule has 20 heteroatoms. The highest BCUT2D eigenvalue weighted by Gasteiger charge is 2.52. The number of nitrogens with one attached hydrogen (secondary N) is 4. The number of hydrogen-bond acceptors (Lipinski definition) is 10. The minimum atomic E-state index is -3.17. The van der Waals surface area contributed by atoms with Crippen molar-refractivity contribution in [2.45, 2.75) is 74.5 Å². The third-order valence-electron chi connectivity index (χ3n) is 12.6. The number of likely N-dealkylation sites (tertiary alicyclic amines) is 2. The lowest BCUT2D eigenvalue weighted by Gasteiger charge is -2.33. The number of rotatable bonds is 10. The molecule has 4 aliphatic rings. The predicted octanol–water partition coefficient (Wildman–Crippen LogP) is 5.99. The number of halogens is 4. The number of aromatic amines is 2. The molecule has 0 bridgehead atoms. The highest BCUT2D eigenvalue weighted by molar-refractivity contribution is 5.87. The zero-order chi connectivity index (χ0) is 46.6. The maximum absolute atomic E-state index is 15.0. The van der Waals surface area contributed by atoms with E-state index in [1.807, 2.05) is 24.3 Å². The molecule has 0 spiro atoms. The lowest BCUT2D eigenvalue weighted by Crippen LogP contribution is -2.53. The molecule has 66 heavy (non-hydrogen) atoms. The number of hydrogen-bond donors (Lipinski definition) is 4. The summed E-state index contributed by atoms with van der Waals surface area (Å²) in [4.78, 5) is 69.4. The van der Waals surface area contributed by atoms with Gasteiger partial charge in [-0.05, 0) is 72.9 Å². The normalized spacial score (nSPS) is 21.6. The van der Waals surface area contributed by atoms with Gasteiger partial charge in [0, 0.05) is 50.4 Å². The fraction of sp³-hybridized carbons (Fsp3) is 0.478. The van der Waals surface area contributed by atoms with Crippen molar-refractivity contribution in [1.82, 2.24) is 40.4 Å². The number of amides is 4. The van der Waals surface area contributed by atoms with Gasteiger partial charge >= 0.3 is 12.2 Å². The minimum Gasteiger partial charge on any atom is -0.453 e. The molecule has 4 amide bonds. The van der Waals surface area contributed by atoms with Crippen LogP contribution < -0.4 is 10.6 Å². The summed E-state index contributed by atoms with van der Waals surface area (Å²) in [5.41, 5.74) is 3.91. The second kappa shape index (κ2) is 19.6. The minimum absolute atomic E-state index is 0.194. The van der Waals surface area contributed by atoms with E-state index in [1.54, 1.807) is 24.3 Å². The summed E-state index contributed by atoms with van der Waals surface area (Å²) in [6.45, 7) is -0.111. The SMILES string of the molecule is COC(=O)N[C@@H](C(=O)N1CC(F)(F)C[C@H]1c1ncc(-c2ccc(C#Cc3ccc(-c4cnc([C@@H]5CC(F)(F)CN5C(=O)[C@H](NC(=O)OC)C5CCOCC5)[nH]4)cc3)cc2)[nH]1)C1CCOCC1. The lowest BCUT2D eigenvalue weighted by atomic mass is 9.90. The van der Waals surface area contributed by atoms with E-state index >= 15 is 0 Å². The van der Waals surface area contributed by atoms with Gasteiger partial charge in [0.1, 0.15) is 23.7 Å². The van der Waals surface area contributed by atoms with Crippen LogP contribution in [0.1, 0.15) is 73.4 Å². The zero-order valence-electron chi connectivity index (χ0n) is 36.3. The summed E-state index contributed by atoms with van der Waals surface area (Å²) in [7, 11) is 2.34. The molecule has 0 radical (unpaired) electrons. The van der Waals surface area contributed by atoms with Crippen LogP contribution >= 0.6 is 0 Å². The molecule has 4 aromatic rings. The van der Waals surface area contributed by atoms with Crippen molar-refractivity contribution in [3.8, 4) is 34.4 Å². The number of ether oxygens (including phenoxy) is 4. The molecule has 2 aromatic carbocycles. The standard InChI is InChI=1S/C46H50F4N8O8/c1-63-43(61)55-37(31-13-17-65-18-14-31)41(59)57-25-45(47,48)21-35(57)39-51-23-33(53-39)29-9-5-27(6-10-29)3-4-28-7-11-30(12-8-28)34-24-52-40(54-34)36-22-46(49,50)26-58(36)42(60)38(56-44(62)64-2)32-15-19-66-20-16-32/h5-12,23-24,31-32,35-38H,13-22,25-26H2,1-2H3,(H,51,53)(H,52,54)(H,55,61)(H,56,62)/t35-,36-,37+,38+/m0/s1. The van der Waals surface area contributed by atoms with Crippen molar-refractivity contribution in [3.05, 3.63) is 83.7 Å². The number of carbonyl (C=O) groups is 4. The van der Waals surface area contributed by atoms with E-state index in [9.17, 15) is 36.7 Å². The first-order chi connectivity index (χ1) is 31.7. The van der Waals surface area contributed by atoms with Crippen LogP contribution in [-0.2, 0) is 28.5 Å². The highest BCUT2D eigenvalue weighted by Crippen LogP contribution is 2.43. The summed E-state index contributed by atoms with van der Waals surface area (Å²) in [5, 5.41) is 5.14. The maximum Gasteiger partial charge on any atom is 0.407 e. The first-order valence-electron chi connectivity index (χ1n) is 21.7. The quantitative estimate of drug-likeness (QED) is 0.109. The van der Waals surface area contributed by atoms with Crippen molar-refractivity contribution >= 4 is 24.0 Å². The van der Waals surface area contributed by atoms with Crippen LogP contribution in [0.5, 0.6) is 0 Å². The van der Waals surface area contributed by atoms with E-state index in [0.29, 0.717) is 85.8 Å². The van der Waals surface area contributed by atoms with Gasteiger partial charge in [0.15, 0.2) is 0 Å². The molecule has 4 N–H and O–H groups in total. The molecule has 2 aromatic heterocycles. The van der Waals surface area contributed by atoms with Crippen molar-refractivity contribution < 1.29 is 55.7 Å². The van der Waals surface area contributed by atoms with E-state index in [-0.39, 0.29) is 23.5 Å². The van der Waals surface area contributed by atoms with Gasteiger partial charge in [-0.25, -0.2) is 37.1 Å². The molecule has 4 fully saturated rings. The molecular weight excluding hydrogens is 869 g/mol. The molecule has 0 aliphatic carbocycles. The maximum atomic E-state index is 15.0. The fourth-order valence-electron chi connectivity index (χ4n) is 9.09. The molecule has 4 atom stereocenters. The van der Waals surface area contributed by atoms with Crippen LogP contribution in [0.2, 0.25) is 0 Å². The van der Waals surface area contributed by atoms with E-state index in [4.69, 9.17) is 18.9 Å². The second-order valence-corrected chi connectivity index (χ2v) is 17.0. The molecule has 0 unspecified atom stereocenters. The smallest absolute Gasteiger partial charge is 0.407 e. The van der Waals surface area contributed by atoms with E-state index in [1.165, 1.54) is 26.6 Å². The number of H-pyrrole nitrogens is 2. The van der Waals surface area contributed by atoms with Crippen LogP contribution in [0.15, 0.2) is 60.9 Å². The Morgan fingerprint density at radius 1 is 0.652 bits per heavy atom. The highest BCUT2D eigenvalue weighted by atomic mass is 19.3. The van der Waals surface area contributed by atoms with Crippen LogP contribution in [0.4, 0.5) is 27.2 Å². The van der Waals surface area contributed by atoms with E-state index in [2.05, 4.69) is 42.4 Å². The Morgan fingerprint density at radius 3 is 1.36 bits per heavy atom. The summed E-state index contributed by atoms with van der Waals surface area (Å²) < 4.78 is 80.2. The Hall–Kier alpha value is -6.46. The van der Waals surface area contributed by atoms with Crippen LogP contribution in [-0.4, -0.2) is 131 Å². The lowest BCUT2D eigenvalue weighted by molar-refractivity contribution is -0.138. The van der Waals surface area contributed by atoms with Gasteiger partial charge in [-0.15, -0.1) is 0 Å². The molecular formula is C46H50F4N8O8. The number of aromatic nitrogens is 4. The van der Waals surface area contributed by atoms with Gasteiger partial charge in [-0.3, -0.25) is 9.59 Å². The molecule has 4 aliphatic heterocycles. The Morgan fingerprint density at radius 2 is 1.02 bits per heavy atom. The largest absolute Gasteiger partial charge is 0.453 e. The third kappa shape index (κ3) is 10.5. The average Bonchev–Trinajstić information content (AvgIpc) is 4.15. The first kappa shape index (κ1) is 46.1. The molecule has 0 saturated carbocycles. The second-order valence-electron chi connectivity index (χ2n) is 17.0. The first-order valence-corrected chi connectivity index (χ1v) is 21.7. The van der Waals surface area contributed by atoms with E-state index < -0.39 is 85.9 Å². The van der Waals surface area contributed by atoms with Crippen LogP contribution in [0.25, 0.3) is 22.5 Å². The molecule has 8 rings (SSSR count). The number of imidazole rings is 2. The van der Waals surface area contributed by atoms with Crippen molar-refractivity contribution in [3.63, 3.8) is 0 Å². The van der Waals surface area contributed by atoms with E-state index in [0.717, 1.165) is 9.80 Å². The summed E-state index contributed by atoms with van der Waals surface area (Å²) in [6.07, 6.45) is 2.01. The Labute approximate surface area is 377 Å². The van der Waals surface area contributed by atoms with Gasteiger partial charge in [0.25, 0.3) is 11.8 Å². The fourth-order valence-corrected chi connectivity index (χ4v) is 9.09. The number of alkyl halides is 4. The Bertz CT molecular complexity index is 2280. The van der Waals surface area contributed by atoms with Gasteiger partial charge in [-0.2, -0.15) is 0 Å². The summed E-state index contributed by atoms with van der Waals surface area (Å²) in [6, 6.07) is 10.2.